The van der Waals surface area contributed by atoms with Crippen LogP contribution < -0.4 is 0 Å². The van der Waals surface area contributed by atoms with Crippen molar-refractivity contribution in [2.75, 3.05) is 0 Å². The van der Waals surface area contributed by atoms with Gasteiger partial charge in [-0.1, -0.05) is 71.4 Å². The average molecular weight is 196 g/mol. The van der Waals surface area contributed by atoms with Crippen molar-refractivity contribution < 1.29 is 0 Å². The Labute approximate surface area is 90.8 Å². The van der Waals surface area contributed by atoms with E-state index in [1.165, 1.54) is 51.4 Å². The SMILES string of the molecule is CCCCCCCCCC=CC(C)C. The minimum atomic E-state index is 0.722. The molecule has 0 aromatic carbocycles. The van der Waals surface area contributed by atoms with Crippen molar-refractivity contribution in [2.24, 2.45) is 5.92 Å². The van der Waals surface area contributed by atoms with E-state index in [0.29, 0.717) is 0 Å². The van der Waals surface area contributed by atoms with E-state index in [-0.39, 0.29) is 0 Å². The maximum Gasteiger partial charge on any atom is -0.0290 e. The Morgan fingerprint density at radius 1 is 0.857 bits per heavy atom. The van der Waals surface area contributed by atoms with Crippen LogP contribution in [0, 0.1) is 5.92 Å². The Morgan fingerprint density at radius 3 is 2.00 bits per heavy atom. The highest BCUT2D eigenvalue weighted by molar-refractivity contribution is 4.83. The van der Waals surface area contributed by atoms with Crippen LogP contribution in [-0.2, 0) is 0 Å². The largest absolute Gasteiger partial charge is 0.0883 e. The van der Waals surface area contributed by atoms with Crippen LogP contribution in [0.1, 0.15) is 72.1 Å². The lowest BCUT2D eigenvalue weighted by atomic mass is 10.1. The molecular formula is C14H28. The summed E-state index contributed by atoms with van der Waals surface area (Å²) in [5, 5.41) is 0. The third-order valence-corrected chi connectivity index (χ3v) is 2.50. The minimum Gasteiger partial charge on any atom is -0.0883 e. The lowest BCUT2D eigenvalue weighted by molar-refractivity contribution is 0.591. The lowest BCUT2D eigenvalue weighted by Gasteiger charge is -1.99. The topological polar surface area (TPSA) is 0 Å². The quantitative estimate of drug-likeness (QED) is 0.345. The fourth-order valence-corrected chi connectivity index (χ4v) is 1.59. The Bertz CT molecular complexity index is 122. The highest BCUT2D eigenvalue weighted by Gasteiger charge is 1.89. The molecule has 0 radical (unpaired) electrons. The van der Waals surface area contributed by atoms with Gasteiger partial charge in [-0.05, 0) is 18.8 Å². The Hall–Kier alpha value is -0.260. The molecule has 0 N–H and O–H groups in total. The molecule has 0 unspecified atom stereocenters. The fourth-order valence-electron chi connectivity index (χ4n) is 1.59. The van der Waals surface area contributed by atoms with Crippen LogP contribution >= 0.6 is 0 Å². The van der Waals surface area contributed by atoms with Gasteiger partial charge in [-0.3, -0.25) is 0 Å². The zero-order chi connectivity index (χ0) is 10.6. The van der Waals surface area contributed by atoms with Gasteiger partial charge in [0.15, 0.2) is 0 Å². The van der Waals surface area contributed by atoms with Crippen LogP contribution in [0.5, 0.6) is 0 Å². The van der Waals surface area contributed by atoms with Crippen molar-refractivity contribution in [3.05, 3.63) is 12.2 Å². The molecule has 0 aliphatic carbocycles. The predicted molar refractivity (Wildman–Crippen MR) is 66.6 cm³/mol. The first-order valence-electron chi connectivity index (χ1n) is 6.44. The molecule has 0 saturated carbocycles. The molecule has 0 heteroatoms. The first-order chi connectivity index (χ1) is 6.77. The number of rotatable bonds is 9. The summed E-state index contributed by atoms with van der Waals surface area (Å²) >= 11 is 0. The van der Waals surface area contributed by atoms with Crippen molar-refractivity contribution in [3.8, 4) is 0 Å². The molecule has 0 saturated heterocycles. The minimum absolute atomic E-state index is 0.722. The van der Waals surface area contributed by atoms with Gasteiger partial charge >= 0.3 is 0 Å². The lowest BCUT2D eigenvalue weighted by Crippen LogP contribution is -1.80. The Balaban J connectivity index is 2.99. The van der Waals surface area contributed by atoms with E-state index in [9.17, 15) is 0 Å². The molecule has 0 amide bonds. The van der Waals surface area contributed by atoms with Gasteiger partial charge in [-0.25, -0.2) is 0 Å². The van der Waals surface area contributed by atoms with E-state index in [1.54, 1.807) is 0 Å². The Morgan fingerprint density at radius 2 is 1.43 bits per heavy atom. The van der Waals surface area contributed by atoms with E-state index >= 15 is 0 Å². The van der Waals surface area contributed by atoms with Crippen molar-refractivity contribution in [1.82, 2.24) is 0 Å². The van der Waals surface area contributed by atoms with Gasteiger partial charge < -0.3 is 0 Å². The summed E-state index contributed by atoms with van der Waals surface area (Å²) in [4.78, 5) is 0. The molecule has 0 spiro atoms. The molecule has 0 atom stereocenters. The van der Waals surface area contributed by atoms with Crippen molar-refractivity contribution in [2.45, 2.75) is 72.1 Å². The summed E-state index contributed by atoms with van der Waals surface area (Å²) in [5.41, 5.74) is 0. The third kappa shape index (κ3) is 11.7. The standard InChI is InChI=1S/C14H28/c1-4-5-6-7-8-9-10-11-12-13-14(2)3/h12-14H,4-11H2,1-3H3. The maximum absolute atomic E-state index is 2.34. The van der Waals surface area contributed by atoms with Crippen LogP contribution in [0.3, 0.4) is 0 Å². The van der Waals surface area contributed by atoms with Crippen LogP contribution in [-0.4, -0.2) is 0 Å². The Kier molecular flexibility index (Phi) is 10.6. The number of allylic oxidation sites excluding steroid dienone is 2. The molecule has 0 nitrogen and oxygen atoms in total. The van der Waals surface area contributed by atoms with E-state index in [0.717, 1.165) is 5.92 Å². The third-order valence-electron chi connectivity index (χ3n) is 2.50. The van der Waals surface area contributed by atoms with Gasteiger partial charge in [0.2, 0.25) is 0 Å². The number of hydrogen-bond acceptors (Lipinski definition) is 0. The van der Waals surface area contributed by atoms with Gasteiger partial charge in [0, 0.05) is 0 Å². The van der Waals surface area contributed by atoms with E-state index in [1.807, 2.05) is 0 Å². The summed E-state index contributed by atoms with van der Waals surface area (Å²) < 4.78 is 0. The molecule has 0 rings (SSSR count). The molecule has 0 bridgehead atoms. The van der Waals surface area contributed by atoms with Crippen molar-refractivity contribution >= 4 is 0 Å². The number of hydrogen-bond donors (Lipinski definition) is 0. The van der Waals surface area contributed by atoms with Gasteiger partial charge in [0.05, 0.1) is 0 Å². The van der Waals surface area contributed by atoms with Crippen molar-refractivity contribution in [1.29, 1.82) is 0 Å². The fraction of sp³-hybridized carbons (Fsp3) is 0.857. The van der Waals surface area contributed by atoms with Gasteiger partial charge in [0.25, 0.3) is 0 Å². The summed E-state index contributed by atoms with van der Waals surface area (Å²) in [6.07, 6.45) is 15.9. The van der Waals surface area contributed by atoms with Crippen LogP contribution in [0.2, 0.25) is 0 Å². The summed E-state index contributed by atoms with van der Waals surface area (Å²) in [5.74, 6) is 0.722. The van der Waals surface area contributed by atoms with E-state index in [2.05, 4.69) is 32.9 Å². The molecule has 0 heterocycles. The smallest absolute Gasteiger partial charge is 0.0290 e. The highest BCUT2D eigenvalue weighted by atomic mass is 14.0. The van der Waals surface area contributed by atoms with Crippen LogP contribution in [0.25, 0.3) is 0 Å². The molecule has 0 aliphatic heterocycles. The second kappa shape index (κ2) is 10.8. The highest BCUT2D eigenvalue weighted by Crippen LogP contribution is 2.09. The zero-order valence-electron chi connectivity index (χ0n) is 10.4. The van der Waals surface area contributed by atoms with E-state index in [4.69, 9.17) is 0 Å². The normalized spacial score (nSPS) is 11.7. The summed E-state index contributed by atoms with van der Waals surface area (Å²) in [6.45, 7) is 6.75. The van der Waals surface area contributed by atoms with Gasteiger partial charge in [-0.15, -0.1) is 0 Å². The zero-order valence-corrected chi connectivity index (χ0v) is 10.4. The van der Waals surface area contributed by atoms with Gasteiger partial charge in [-0.2, -0.15) is 0 Å². The summed E-state index contributed by atoms with van der Waals surface area (Å²) in [7, 11) is 0. The van der Waals surface area contributed by atoms with Crippen LogP contribution in [0.4, 0.5) is 0 Å². The number of unbranched alkanes of at least 4 members (excludes halogenated alkanes) is 7. The molecule has 84 valence electrons. The molecule has 0 aromatic rings. The molecule has 0 aliphatic rings. The first-order valence-corrected chi connectivity index (χ1v) is 6.44. The summed E-state index contributed by atoms with van der Waals surface area (Å²) in [6, 6.07) is 0. The second-order valence-electron chi connectivity index (χ2n) is 4.58. The first kappa shape index (κ1) is 13.7. The average Bonchev–Trinajstić information content (AvgIpc) is 2.15. The monoisotopic (exact) mass is 196 g/mol. The van der Waals surface area contributed by atoms with Crippen LogP contribution in [0.15, 0.2) is 12.2 Å². The second-order valence-corrected chi connectivity index (χ2v) is 4.58. The predicted octanol–water partition coefficient (Wildman–Crippen LogP) is 5.34. The molecule has 0 fully saturated rings. The maximum atomic E-state index is 2.34. The van der Waals surface area contributed by atoms with Crippen molar-refractivity contribution in [3.63, 3.8) is 0 Å². The van der Waals surface area contributed by atoms with Gasteiger partial charge in [0.1, 0.15) is 0 Å². The molecule has 14 heavy (non-hydrogen) atoms. The molecular weight excluding hydrogens is 168 g/mol. The molecule has 0 aromatic heterocycles. The van der Waals surface area contributed by atoms with E-state index < -0.39 is 0 Å².